The minimum atomic E-state index is -0.350. The molecular formula is C13H19BrN2O2. The van der Waals surface area contributed by atoms with Crippen LogP contribution in [0.4, 0.5) is 5.69 Å². The van der Waals surface area contributed by atoms with Crippen molar-refractivity contribution in [2.75, 3.05) is 13.1 Å². The van der Waals surface area contributed by atoms with Crippen LogP contribution in [-0.2, 0) is 6.54 Å². The Balaban J connectivity index is 2.88. The van der Waals surface area contributed by atoms with Crippen molar-refractivity contribution in [2.45, 2.75) is 33.2 Å². The van der Waals surface area contributed by atoms with Gasteiger partial charge in [-0.1, -0.05) is 26.0 Å². The van der Waals surface area contributed by atoms with Gasteiger partial charge in [-0.2, -0.15) is 0 Å². The lowest BCUT2D eigenvalue weighted by Crippen LogP contribution is -2.25. The average Bonchev–Trinajstić information content (AvgIpc) is 2.32. The number of rotatable bonds is 7. The first kappa shape index (κ1) is 15.1. The van der Waals surface area contributed by atoms with Gasteiger partial charge in [0.2, 0.25) is 0 Å². The molecule has 0 bridgehead atoms. The monoisotopic (exact) mass is 314 g/mol. The lowest BCUT2D eigenvalue weighted by Gasteiger charge is -2.21. The molecule has 5 heteroatoms. The summed E-state index contributed by atoms with van der Waals surface area (Å²) >= 11 is 3.34. The molecule has 0 unspecified atom stereocenters. The standard InChI is InChI=1S/C13H19BrN2O2/c1-3-8-15(9-4-2)10-11-6-5-7-12(13(11)14)16(17)18/h5-7H,3-4,8-10H2,1-2H3. The lowest BCUT2D eigenvalue weighted by atomic mass is 10.2. The van der Waals surface area contributed by atoms with E-state index < -0.39 is 0 Å². The van der Waals surface area contributed by atoms with Gasteiger partial charge in [0.25, 0.3) is 5.69 Å². The van der Waals surface area contributed by atoms with Crippen LogP contribution in [0.3, 0.4) is 0 Å². The maximum absolute atomic E-state index is 10.9. The second-order valence-corrected chi connectivity index (χ2v) is 5.08. The smallest absolute Gasteiger partial charge is 0.283 e. The highest BCUT2D eigenvalue weighted by Gasteiger charge is 2.16. The Hall–Kier alpha value is -0.940. The lowest BCUT2D eigenvalue weighted by molar-refractivity contribution is -0.385. The Morgan fingerprint density at radius 3 is 2.39 bits per heavy atom. The van der Waals surface area contributed by atoms with Crippen molar-refractivity contribution >= 4 is 21.6 Å². The summed E-state index contributed by atoms with van der Waals surface area (Å²) < 4.78 is 0.604. The number of benzene rings is 1. The number of halogens is 1. The molecule has 0 saturated heterocycles. The molecular weight excluding hydrogens is 296 g/mol. The molecule has 18 heavy (non-hydrogen) atoms. The number of nitrogens with zero attached hydrogens (tertiary/aromatic N) is 2. The molecule has 1 aromatic carbocycles. The van der Waals surface area contributed by atoms with Gasteiger partial charge in [-0.3, -0.25) is 15.0 Å². The van der Waals surface area contributed by atoms with Crippen LogP contribution in [-0.4, -0.2) is 22.9 Å². The van der Waals surface area contributed by atoms with Crippen LogP contribution >= 0.6 is 15.9 Å². The Kier molecular flexibility index (Phi) is 6.29. The molecule has 0 amide bonds. The summed E-state index contributed by atoms with van der Waals surface area (Å²) in [6, 6.07) is 5.21. The van der Waals surface area contributed by atoms with E-state index >= 15 is 0 Å². The fourth-order valence-corrected chi connectivity index (χ4v) is 2.51. The molecule has 4 nitrogen and oxygen atoms in total. The molecule has 0 aliphatic rings. The summed E-state index contributed by atoms with van der Waals surface area (Å²) in [6.45, 7) is 7.08. The first-order valence-corrected chi connectivity index (χ1v) is 7.03. The van der Waals surface area contributed by atoms with Crippen molar-refractivity contribution in [3.63, 3.8) is 0 Å². The third-order valence-corrected chi connectivity index (χ3v) is 3.64. The Morgan fingerprint density at radius 1 is 1.28 bits per heavy atom. The first-order chi connectivity index (χ1) is 8.60. The predicted molar refractivity (Wildman–Crippen MR) is 76.7 cm³/mol. The Bertz CT molecular complexity index is 404. The van der Waals surface area contributed by atoms with Gasteiger partial charge in [-0.05, 0) is 47.4 Å². The minimum Gasteiger partial charge on any atom is -0.299 e. The van der Waals surface area contributed by atoms with Crippen LogP contribution in [0.1, 0.15) is 32.3 Å². The molecule has 0 heterocycles. The van der Waals surface area contributed by atoms with Crippen LogP contribution in [0.15, 0.2) is 22.7 Å². The SMILES string of the molecule is CCCN(CCC)Cc1cccc([N+](=O)[O-])c1Br. The van der Waals surface area contributed by atoms with E-state index in [0.29, 0.717) is 4.47 Å². The highest BCUT2D eigenvalue weighted by molar-refractivity contribution is 9.10. The molecule has 100 valence electrons. The van der Waals surface area contributed by atoms with Gasteiger partial charge >= 0.3 is 0 Å². The van der Waals surface area contributed by atoms with Gasteiger partial charge in [0.1, 0.15) is 0 Å². The van der Waals surface area contributed by atoms with E-state index in [1.54, 1.807) is 6.07 Å². The summed E-state index contributed by atoms with van der Waals surface area (Å²) in [5.41, 5.74) is 1.12. The van der Waals surface area contributed by atoms with E-state index in [4.69, 9.17) is 0 Å². The number of hydrogen-bond donors (Lipinski definition) is 0. The molecule has 0 N–H and O–H groups in total. The zero-order valence-corrected chi connectivity index (χ0v) is 12.4. The van der Waals surface area contributed by atoms with E-state index in [2.05, 4.69) is 34.7 Å². The van der Waals surface area contributed by atoms with Crippen LogP contribution < -0.4 is 0 Å². The van der Waals surface area contributed by atoms with E-state index in [9.17, 15) is 10.1 Å². The molecule has 0 aliphatic carbocycles. The maximum atomic E-state index is 10.9. The van der Waals surface area contributed by atoms with Crippen molar-refractivity contribution in [3.8, 4) is 0 Å². The van der Waals surface area contributed by atoms with Gasteiger partial charge in [0.15, 0.2) is 0 Å². The first-order valence-electron chi connectivity index (χ1n) is 6.24. The van der Waals surface area contributed by atoms with Crippen molar-refractivity contribution < 1.29 is 4.92 Å². The summed E-state index contributed by atoms with van der Waals surface area (Å²) in [6.07, 6.45) is 2.18. The second-order valence-electron chi connectivity index (χ2n) is 4.28. The maximum Gasteiger partial charge on any atom is 0.283 e. The quantitative estimate of drug-likeness (QED) is 0.565. The van der Waals surface area contributed by atoms with E-state index in [0.717, 1.165) is 38.0 Å². The third-order valence-electron chi connectivity index (χ3n) is 2.73. The molecule has 0 atom stereocenters. The number of hydrogen-bond acceptors (Lipinski definition) is 3. The largest absolute Gasteiger partial charge is 0.299 e. The molecule has 1 rings (SSSR count). The summed E-state index contributed by atoms with van der Waals surface area (Å²) in [5.74, 6) is 0. The normalized spacial score (nSPS) is 10.9. The second kappa shape index (κ2) is 7.48. The molecule has 0 aliphatic heterocycles. The van der Waals surface area contributed by atoms with Gasteiger partial charge in [0.05, 0.1) is 9.40 Å². The van der Waals surface area contributed by atoms with Crippen molar-refractivity contribution in [1.82, 2.24) is 4.90 Å². The molecule has 0 radical (unpaired) electrons. The van der Waals surface area contributed by atoms with E-state index in [-0.39, 0.29) is 10.6 Å². The van der Waals surface area contributed by atoms with Crippen molar-refractivity contribution in [2.24, 2.45) is 0 Å². The van der Waals surface area contributed by atoms with Crippen LogP contribution in [0.25, 0.3) is 0 Å². The van der Waals surface area contributed by atoms with Crippen LogP contribution in [0.2, 0.25) is 0 Å². The summed E-state index contributed by atoms with van der Waals surface area (Å²) in [7, 11) is 0. The highest BCUT2D eigenvalue weighted by Crippen LogP contribution is 2.29. The van der Waals surface area contributed by atoms with Crippen molar-refractivity contribution in [3.05, 3.63) is 38.3 Å². The summed E-state index contributed by atoms with van der Waals surface area (Å²) in [5, 5.41) is 10.9. The fourth-order valence-electron chi connectivity index (χ4n) is 1.97. The molecule has 0 fully saturated rings. The molecule has 0 spiro atoms. The topological polar surface area (TPSA) is 46.4 Å². The number of nitro groups is 1. The van der Waals surface area contributed by atoms with Crippen molar-refractivity contribution in [1.29, 1.82) is 0 Å². The molecule has 1 aromatic rings. The zero-order chi connectivity index (χ0) is 13.5. The average molecular weight is 315 g/mol. The Morgan fingerprint density at radius 2 is 1.89 bits per heavy atom. The van der Waals surface area contributed by atoms with E-state index in [1.165, 1.54) is 6.07 Å². The highest BCUT2D eigenvalue weighted by atomic mass is 79.9. The molecule has 0 aromatic heterocycles. The Labute approximate surface area is 116 Å². The number of nitro benzene ring substituents is 1. The van der Waals surface area contributed by atoms with Gasteiger partial charge in [-0.15, -0.1) is 0 Å². The zero-order valence-electron chi connectivity index (χ0n) is 10.9. The summed E-state index contributed by atoms with van der Waals surface area (Å²) in [4.78, 5) is 12.8. The van der Waals surface area contributed by atoms with Gasteiger partial charge < -0.3 is 0 Å². The fraction of sp³-hybridized carbons (Fsp3) is 0.538. The van der Waals surface area contributed by atoms with Crippen LogP contribution in [0, 0.1) is 10.1 Å². The van der Waals surface area contributed by atoms with Gasteiger partial charge in [0, 0.05) is 12.6 Å². The minimum absolute atomic E-state index is 0.139. The van der Waals surface area contributed by atoms with Crippen LogP contribution in [0.5, 0.6) is 0 Å². The molecule has 0 saturated carbocycles. The third kappa shape index (κ3) is 4.07. The van der Waals surface area contributed by atoms with Gasteiger partial charge in [-0.25, -0.2) is 0 Å². The van der Waals surface area contributed by atoms with E-state index in [1.807, 2.05) is 6.07 Å². The predicted octanol–water partition coefficient (Wildman–Crippen LogP) is 3.98.